The highest BCUT2D eigenvalue weighted by Gasteiger charge is 2.36. The molecule has 1 N–H and O–H groups in total. The lowest BCUT2D eigenvalue weighted by atomic mass is 9.78. The van der Waals surface area contributed by atoms with Gasteiger partial charge in [-0.3, -0.25) is 9.48 Å². The molecule has 0 unspecified atom stereocenters. The van der Waals surface area contributed by atoms with Gasteiger partial charge in [0.05, 0.1) is 38.5 Å². The number of aryl methyl sites for hydroxylation is 1. The Hall–Kier alpha value is -3.92. The minimum atomic E-state index is -0.450. The number of aliphatic hydroxyl groups is 1. The van der Waals surface area contributed by atoms with Gasteiger partial charge in [0.1, 0.15) is 6.10 Å². The Balaban J connectivity index is 1.04. The van der Waals surface area contributed by atoms with E-state index in [0.717, 1.165) is 48.1 Å². The van der Waals surface area contributed by atoms with Gasteiger partial charge in [0.15, 0.2) is 0 Å². The van der Waals surface area contributed by atoms with E-state index in [1.807, 2.05) is 19.3 Å². The number of aliphatic hydroxyl groups excluding tert-OH is 1. The van der Waals surface area contributed by atoms with Crippen LogP contribution >= 0.6 is 0 Å². The molecule has 3 aliphatic carbocycles. The average molecular weight is 642 g/mol. The largest absolute Gasteiger partial charge is 0.481 e. The number of aromatic nitrogens is 3. The Labute approximate surface area is 277 Å². The smallest absolute Gasteiger partial charge is 0.410 e. The molecular formula is C37H47N5O5. The van der Waals surface area contributed by atoms with Gasteiger partial charge < -0.3 is 24.4 Å². The lowest BCUT2D eigenvalue weighted by Crippen LogP contribution is -2.54. The van der Waals surface area contributed by atoms with Crippen molar-refractivity contribution in [2.75, 3.05) is 31.6 Å². The van der Waals surface area contributed by atoms with Crippen LogP contribution in [0.1, 0.15) is 87.3 Å². The minimum Gasteiger partial charge on any atom is -0.481 e. The summed E-state index contributed by atoms with van der Waals surface area (Å²) in [7, 11) is 1.66. The number of ether oxygens (including phenoxy) is 2. The molecule has 4 fully saturated rings. The third kappa shape index (κ3) is 7.17. The Morgan fingerprint density at radius 1 is 0.957 bits per heavy atom. The molecule has 2 aromatic heterocycles. The third-order valence-electron chi connectivity index (χ3n) is 10.7. The first-order valence-electron chi connectivity index (χ1n) is 17.4. The van der Waals surface area contributed by atoms with Gasteiger partial charge in [-0.2, -0.15) is 5.10 Å². The van der Waals surface area contributed by atoms with Crippen molar-refractivity contribution in [3.05, 3.63) is 60.0 Å². The molecule has 10 nitrogen and oxygen atoms in total. The standard InChI is InChI=1S/C37H47N5O5/c1-24-16-29(18-38-35(24)46-2)26-8-6-25(7-9-26)20-41(32-5-3-4-28(17-32)30-19-39-42(21-30)31-12-13-31)36(44)27-10-14-34(15-11-27)47-37(45)40-22-33(43)23-40/h3-5,16-19,21,25-27,31,33-34,43H,6-15,20,22-23H2,1-2H3/t25-,26-,27-,34-. The highest BCUT2D eigenvalue weighted by atomic mass is 16.6. The van der Waals surface area contributed by atoms with Gasteiger partial charge >= 0.3 is 6.09 Å². The van der Waals surface area contributed by atoms with Crippen molar-refractivity contribution < 1.29 is 24.2 Å². The van der Waals surface area contributed by atoms with Crippen LogP contribution < -0.4 is 9.64 Å². The Morgan fingerprint density at radius 3 is 2.40 bits per heavy atom. The van der Waals surface area contributed by atoms with Crippen molar-refractivity contribution in [2.24, 2.45) is 11.8 Å². The molecule has 250 valence electrons. The Bertz CT molecular complexity index is 1560. The number of amides is 2. The number of hydrogen-bond acceptors (Lipinski definition) is 7. The van der Waals surface area contributed by atoms with Crippen molar-refractivity contribution in [3.8, 4) is 17.0 Å². The molecule has 0 bridgehead atoms. The zero-order chi connectivity index (χ0) is 32.5. The lowest BCUT2D eigenvalue weighted by Gasteiger charge is -2.38. The summed E-state index contributed by atoms with van der Waals surface area (Å²) >= 11 is 0. The molecule has 3 heterocycles. The summed E-state index contributed by atoms with van der Waals surface area (Å²) in [6.45, 7) is 3.41. The van der Waals surface area contributed by atoms with Crippen molar-refractivity contribution in [3.63, 3.8) is 0 Å². The van der Waals surface area contributed by atoms with Crippen LogP contribution in [0.25, 0.3) is 11.1 Å². The van der Waals surface area contributed by atoms with Crippen LogP contribution in [0.3, 0.4) is 0 Å². The van der Waals surface area contributed by atoms with E-state index in [9.17, 15) is 14.7 Å². The van der Waals surface area contributed by atoms with Gasteiger partial charge in [0.25, 0.3) is 0 Å². The molecule has 2 amide bonds. The van der Waals surface area contributed by atoms with Crippen LogP contribution in [0.15, 0.2) is 48.9 Å². The molecule has 3 saturated carbocycles. The normalized spacial score (nSPS) is 24.8. The van der Waals surface area contributed by atoms with E-state index in [2.05, 4.69) is 56.2 Å². The fourth-order valence-electron chi connectivity index (χ4n) is 7.63. The summed E-state index contributed by atoms with van der Waals surface area (Å²) in [4.78, 5) is 34.9. The fraction of sp³-hybridized carbons (Fsp3) is 0.568. The predicted octanol–water partition coefficient (Wildman–Crippen LogP) is 6.28. The average Bonchev–Trinajstić information content (AvgIpc) is 3.81. The Kier molecular flexibility index (Phi) is 9.21. The molecular weight excluding hydrogens is 594 g/mol. The molecule has 1 aromatic carbocycles. The maximum absolute atomic E-state index is 14.4. The molecule has 3 aromatic rings. The summed E-state index contributed by atoms with van der Waals surface area (Å²) in [5.74, 6) is 1.62. The van der Waals surface area contributed by atoms with Gasteiger partial charge in [-0.25, -0.2) is 9.78 Å². The zero-order valence-electron chi connectivity index (χ0n) is 27.6. The number of hydrogen-bond donors (Lipinski definition) is 1. The molecule has 0 atom stereocenters. The first kappa shape index (κ1) is 31.7. The van der Waals surface area contributed by atoms with Crippen LogP contribution in [0.5, 0.6) is 5.88 Å². The van der Waals surface area contributed by atoms with Crippen molar-refractivity contribution in [2.45, 2.75) is 95.3 Å². The summed E-state index contributed by atoms with van der Waals surface area (Å²) < 4.78 is 13.2. The van der Waals surface area contributed by atoms with Crippen LogP contribution in [0.2, 0.25) is 0 Å². The number of benzene rings is 1. The van der Waals surface area contributed by atoms with Crippen LogP contribution in [0.4, 0.5) is 10.5 Å². The minimum absolute atomic E-state index is 0.109. The molecule has 1 saturated heterocycles. The van der Waals surface area contributed by atoms with Gasteiger partial charge in [-0.1, -0.05) is 12.1 Å². The quantitative estimate of drug-likeness (QED) is 0.293. The van der Waals surface area contributed by atoms with Crippen molar-refractivity contribution in [1.29, 1.82) is 0 Å². The van der Waals surface area contributed by atoms with E-state index in [-0.39, 0.29) is 24.0 Å². The number of methoxy groups -OCH3 is 1. The number of nitrogens with zero attached hydrogens (tertiary/aromatic N) is 5. The van der Waals surface area contributed by atoms with Gasteiger partial charge in [0, 0.05) is 41.7 Å². The van der Waals surface area contributed by atoms with Crippen LogP contribution in [-0.2, 0) is 9.53 Å². The second kappa shape index (κ2) is 13.7. The van der Waals surface area contributed by atoms with Gasteiger partial charge in [-0.05, 0) is 112 Å². The zero-order valence-corrected chi connectivity index (χ0v) is 27.6. The second-order valence-electron chi connectivity index (χ2n) is 14.2. The number of likely N-dealkylation sites (tertiary alicyclic amines) is 1. The number of carbonyl (C=O) groups excluding carboxylic acids is 2. The van der Waals surface area contributed by atoms with Crippen molar-refractivity contribution >= 4 is 17.7 Å². The molecule has 4 aliphatic rings. The fourth-order valence-corrected chi connectivity index (χ4v) is 7.63. The highest BCUT2D eigenvalue weighted by Crippen LogP contribution is 2.39. The SMILES string of the molecule is COc1ncc([C@H]2CC[C@H](CN(c3cccc(-c4cnn(C5CC5)c4)c3)C(=O)[C@H]3CC[C@H](OC(=O)N4CC(O)C4)CC3)CC2)cc1C. The summed E-state index contributed by atoms with van der Waals surface area (Å²) in [5.41, 5.74) is 5.43. The first-order chi connectivity index (χ1) is 22.8. The molecule has 0 radical (unpaired) electrons. The van der Waals surface area contributed by atoms with Crippen molar-refractivity contribution in [1.82, 2.24) is 19.7 Å². The number of pyridine rings is 1. The topological polar surface area (TPSA) is 110 Å². The summed E-state index contributed by atoms with van der Waals surface area (Å²) in [6, 6.07) is 11.1. The van der Waals surface area contributed by atoms with Gasteiger partial charge in [0.2, 0.25) is 11.8 Å². The molecule has 10 heteroatoms. The van der Waals surface area contributed by atoms with Gasteiger partial charge in [-0.15, -0.1) is 0 Å². The van der Waals surface area contributed by atoms with E-state index in [1.54, 1.807) is 7.11 Å². The number of rotatable bonds is 9. The number of carbonyl (C=O) groups is 2. The number of β-amino-alcohol motifs (C(OH)–C–C–N with tert-alkyl or cyclic N) is 1. The van der Waals surface area contributed by atoms with E-state index in [4.69, 9.17) is 9.47 Å². The van der Waals surface area contributed by atoms with Crippen LogP contribution in [-0.4, -0.2) is 75.7 Å². The predicted molar refractivity (Wildman–Crippen MR) is 178 cm³/mol. The Morgan fingerprint density at radius 2 is 1.72 bits per heavy atom. The first-order valence-corrected chi connectivity index (χ1v) is 17.4. The summed E-state index contributed by atoms with van der Waals surface area (Å²) in [5, 5.41) is 14.1. The highest BCUT2D eigenvalue weighted by molar-refractivity contribution is 5.95. The summed E-state index contributed by atoms with van der Waals surface area (Å²) in [6.07, 6.45) is 14.4. The van der Waals surface area contributed by atoms with E-state index >= 15 is 0 Å². The second-order valence-corrected chi connectivity index (χ2v) is 14.2. The third-order valence-corrected chi connectivity index (χ3v) is 10.7. The monoisotopic (exact) mass is 641 g/mol. The van der Waals surface area contributed by atoms with Crippen LogP contribution in [0, 0.1) is 18.8 Å². The van der Waals surface area contributed by atoms with E-state index < -0.39 is 6.10 Å². The lowest BCUT2D eigenvalue weighted by molar-refractivity contribution is -0.124. The molecule has 1 aliphatic heterocycles. The maximum Gasteiger partial charge on any atom is 0.410 e. The maximum atomic E-state index is 14.4. The molecule has 0 spiro atoms. The molecule has 47 heavy (non-hydrogen) atoms. The van der Waals surface area contributed by atoms with E-state index in [1.165, 1.54) is 23.3 Å². The number of anilines is 1. The van der Waals surface area contributed by atoms with E-state index in [0.29, 0.717) is 69.1 Å². The molecule has 7 rings (SSSR count).